The normalized spacial score (nSPS) is 10.7. The van der Waals surface area contributed by atoms with Crippen LogP contribution in [0.2, 0.25) is 5.02 Å². The fraction of sp³-hybridized carbons (Fsp3) is 0.0870. The Hall–Kier alpha value is -3.22. The van der Waals surface area contributed by atoms with Crippen molar-refractivity contribution < 1.29 is 9.21 Å². The number of amides is 1. The lowest BCUT2D eigenvalue weighted by Gasteiger charge is -2.10. The number of halogens is 1. The van der Waals surface area contributed by atoms with Gasteiger partial charge in [0.15, 0.2) is 16.6 Å². The molecular weight excluding hydrogens is 418 g/mol. The number of carbonyl (C=O) groups excluding carboxylic acids is 1. The van der Waals surface area contributed by atoms with Crippen molar-refractivity contribution in [1.29, 1.82) is 0 Å². The smallest absolute Gasteiger partial charge is 0.230 e. The van der Waals surface area contributed by atoms with Gasteiger partial charge in [-0.3, -0.25) is 4.79 Å². The van der Waals surface area contributed by atoms with E-state index in [1.165, 1.54) is 0 Å². The van der Waals surface area contributed by atoms with Crippen molar-refractivity contribution in [2.75, 3.05) is 5.32 Å². The van der Waals surface area contributed by atoms with Crippen molar-refractivity contribution in [1.82, 2.24) is 10.3 Å². The molecule has 2 N–H and O–H groups in total. The summed E-state index contributed by atoms with van der Waals surface area (Å²) in [6, 6.07) is 22.6. The summed E-state index contributed by atoms with van der Waals surface area (Å²) in [5, 5.41) is 6.59. The quantitative estimate of drug-likeness (QED) is 0.425. The summed E-state index contributed by atoms with van der Waals surface area (Å²) in [7, 11) is 0. The zero-order chi connectivity index (χ0) is 20.9. The number of hydrogen-bond donors (Lipinski definition) is 2. The van der Waals surface area contributed by atoms with Crippen LogP contribution in [0.4, 0.5) is 5.69 Å². The van der Waals surface area contributed by atoms with Crippen LogP contribution >= 0.6 is 23.8 Å². The predicted molar refractivity (Wildman–Crippen MR) is 123 cm³/mol. The Bertz CT molecular complexity index is 1150. The van der Waals surface area contributed by atoms with Gasteiger partial charge in [-0.05, 0) is 59.7 Å². The summed E-state index contributed by atoms with van der Waals surface area (Å²) in [4.78, 5) is 16.6. The van der Waals surface area contributed by atoms with Crippen LogP contribution in [0.25, 0.3) is 11.1 Å². The van der Waals surface area contributed by atoms with E-state index in [-0.39, 0.29) is 17.4 Å². The van der Waals surface area contributed by atoms with Crippen LogP contribution < -0.4 is 10.6 Å². The molecule has 1 aromatic heterocycles. The average Bonchev–Trinajstić information content (AvgIpc) is 3.13. The molecule has 0 aliphatic carbocycles. The van der Waals surface area contributed by atoms with Crippen molar-refractivity contribution >= 4 is 51.6 Å². The number of fused-ring (bicyclic) bond motifs is 1. The van der Waals surface area contributed by atoms with Gasteiger partial charge in [0.2, 0.25) is 5.91 Å². The number of anilines is 1. The molecule has 150 valence electrons. The molecule has 0 radical (unpaired) electrons. The van der Waals surface area contributed by atoms with Crippen molar-refractivity contribution in [3.63, 3.8) is 0 Å². The van der Waals surface area contributed by atoms with Gasteiger partial charge in [0.1, 0.15) is 5.52 Å². The number of oxazole rings is 1. The second kappa shape index (κ2) is 9.07. The summed E-state index contributed by atoms with van der Waals surface area (Å²) < 4.78 is 5.76. The molecule has 30 heavy (non-hydrogen) atoms. The number of carbonyl (C=O) groups is 1. The minimum atomic E-state index is -0.192. The summed E-state index contributed by atoms with van der Waals surface area (Å²) in [5.41, 5.74) is 4.34. The Balaban J connectivity index is 1.30. The molecule has 0 saturated carbocycles. The SMILES string of the molecule is O=C(Cc1ccc(Cl)cc1)NC(=S)Nc1ccc(Cc2nc3ccccc3o2)cc1. The number of nitrogens with zero attached hydrogens (tertiary/aromatic N) is 1. The lowest BCUT2D eigenvalue weighted by Crippen LogP contribution is -2.35. The third-order valence-corrected chi connectivity index (χ3v) is 4.89. The first kappa shape index (κ1) is 20.1. The summed E-state index contributed by atoms with van der Waals surface area (Å²) in [5.74, 6) is 0.476. The molecule has 0 unspecified atom stereocenters. The number of para-hydroxylation sites is 2. The second-order valence-electron chi connectivity index (χ2n) is 6.75. The molecule has 0 saturated heterocycles. The molecule has 0 spiro atoms. The molecule has 0 aliphatic heterocycles. The highest BCUT2D eigenvalue weighted by molar-refractivity contribution is 7.80. The van der Waals surface area contributed by atoms with E-state index in [4.69, 9.17) is 28.2 Å². The predicted octanol–water partition coefficient (Wildman–Crippen LogP) is 5.13. The molecule has 1 amide bonds. The minimum absolute atomic E-state index is 0.192. The number of rotatable bonds is 5. The van der Waals surface area contributed by atoms with Crippen LogP contribution in [0.15, 0.2) is 77.2 Å². The highest BCUT2D eigenvalue weighted by Gasteiger charge is 2.08. The minimum Gasteiger partial charge on any atom is -0.440 e. The molecule has 7 heteroatoms. The standard InChI is InChI=1S/C23H18ClN3O2S/c24-17-9-5-15(6-10-17)13-21(28)27-23(30)25-18-11-7-16(8-12-18)14-22-26-19-3-1-2-4-20(19)29-22/h1-12H,13-14H2,(H2,25,27,28,30). The van der Waals surface area contributed by atoms with E-state index in [1.54, 1.807) is 12.1 Å². The molecule has 5 nitrogen and oxygen atoms in total. The van der Waals surface area contributed by atoms with Crippen molar-refractivity contribution in [3.05, 3.63) is 94.8 Å². The Morgan fingerprint density at radius 2 is 1.67 bits per heavy atom. The second-order valence-corrected chi connectivity index (χ2v) is 7.60. The molecule has 0 aliphatic rings. The third kappa shape index (κ3) is 5.23. The van der Waals surface area contributed by atoms with E-state index in [0.29, 0.717) is 17.3 Å². The Labute approximate surface area is 184 Å². The van der Waals surface area contributed by atoms with Crippen LogP contribution in [-0.4, -0.2) is 16.0 Å². The first-order chi connectivity index (χ1) is 14.5. The Kier molecular flexibility index (Phi) is 6.07. The van der Waals surface area contributed by atoms with Gasteiger partial charge in [-0.15, -0.1) is 0 Å². The molecular formula is C23H18ClN3O2S. The zero-order valence-electron chi connectivity index (χ0n) is 15.9. The number of nitrogens with one attached hydrogen (secondary N) is 2. The largest absolute Gasteiger partial charge is 0.440 e. The highest BCUT2D eigenvalue weighted by atomic mass is 35.5. The third-order valence-electron chi connectivity index (χ3n) is 4.44. The molecule has 0 bridgehead atoms. The highest BCUT2D eigenvalue weighted by Crippen LogP contribution is 2.18. The number of thiocarbonyl (C=S) groups is 1. The average molecular weight is 436 g/mol. The van der Waals surface area contributed by atoms with Gasteiger partial charge < -0.3 is 15.1 Å². The van der Waals surface area contributed by atoms with Crippen LogP contribution in [-0.2, 0) is 17.6 Å². The van der Waals surface area contributed by atoms with Crippen LogP contribution in [0.5, 0.6) is 0 Å². The van der Waals surface area contributed by atoms with Gasteiger partial charge in [-0.2, -0.15) is 0 Å². The maximum absolute atomic E-state index is 12.1. The first-order valence-corrected chi connectivity index (χ1v) is 10.1. The number of aromatic nitrogens is 1. The zero-order valence-corrected chi connectivity index (χ0v) is 17.5. The molecule has 0 atom stereocenters. The monoisotopic (exact) mass is 435 g/mol. The maximum atomic E-state index is 12.1. The summed E-state index contributed by atoms with van der Waals surface area (Å²) in [6.07, 6.45) is 0.819. The van der Waals surface area contributed by atoms with E-state index >= 15 is 0 Å². The van der Waals surface area contributed by atoms with Crippen LogP contribution in [0.3, 0.4) is 0 Å². The van der Waals surface area contributed by atoms with Gasteiger partial charge in [0.05, 0.1) is 6.42 Å². The van der Waals surface area contributed by atoms with Crippen molar-refractivity contribution in [3.8, 4) is 0 Å². The van der Waals surface area contributed by atoms with Crippen LogP contribution in [0, 0.1) is 0 Å². The van der Waals surface area contributed by atoms with E-state index < -0.39 is 0 Å². The molecule has 4 rings (SSSR count). The molecule has 3 aromatic carbocycles. The molecule has 1 heterocycles. The van der Waals surface area contributed by atoms with Crippen molar-refractivity contribution in [2.24, 2.45) is 0 Å². The fourth-order valence-electron chi connectivity index (χ4n) is 3.00. The van der Waals surface area contributed by atoms with Gasteiger partial charge in [-0.1, -0.05) is 48.0 Å². The Morgan fingerprint density at radius 1 is 0.967 bits per heavy atom. The lowest BCUT2D eigenvalue weighted by atomic mass is 10.1. The van der Waals surface area contributed by atoms with E-state index in [1.807, 2.05) is 60.7 Å². The summed E-state index contributed by atoms with van der Waals surface area (Å²) in [6.45, 7) is 0. The van der Waals surface area contributed by atoms with Gasteiger partial charge >= 0.3 is 0 Å². The van der Waals surface area contributed by atoms with Gasteiger partial charge in [0.25, 0.3) is 0 Å². The first-order valence-electron chi connectivity index (χ1n) is 9.34. The maximum Gasteiger partial charge on any atom is 0.230 e. The molecule has 4 aromatic rings. The fourth-order valence-corrected chi connectivity index (χ4v) is 3.35. The Morgan fingerprint density at radius 3 is 2.40 bits per heavy atom. The van der Waals surface area contributed by atoms with Gasteiger partial charge in [-0.25, -0.2) is 4.98 Å². The van der Waals surface area contributed by atoms with Gasteiger partial charge in [0, 0.05) is 17.1 Å². The van der Waals surface area contributed by atoms with E-state index in [9.17, 15) is 4.79 Å². The summed E-state index contributed by atoms with van der Waals surface area (Å²) >= 11 is 11.1. The lowest BCUT2D eigenvalue weighted by molar-refractivity contribution is -0.119. The molecule has 0 fully saturated rings. The number of benzene rings is 3. The van der Waals surface area contributed by atoms with E-state index in [0.717, 1.165) is 27.9 Å². The number of hydrogen-bond acceptors (Lipinski definition) is 4. The topological polar surface area (TPSA) is 67.2 Å². The van der Waals surface area contributed by atoms with Crippen molar-refractivity contribution in [2.45, 2.75) is 12.8 Å². The van der Waals surface area contributed by atoms with E-state index in [2.05, 4.69) is 15.6 Å². The van der Waals surface area contributed by atoms with Crippen LogP contribution in [0.1, 0.15) is 17.0 Å².